The van der Waals surface area contributed by atoms with Crippen LogP contribution in [0.2, 0.25) is 5.02 Å². The molecule has 1 amide bonds. The molecule has 172 valence electrons. The summed E-state index contributed by atoms with van der Waals surface area (Å²) >= 11 is 10.5. The van der Waals surface area contributed by atoms with Gasteiger partial charge in [-0.1, -0.05) is 23.8 Å². The van der Waals surface area contributed by atoms with Gasteiger partial charge in [0.15, 0.2) is 17.0 Å². The number of anilines is 1. The molecular weight excluding hydrogens is 495 g/mol. The molecule has 2 aromatic rings. The van der Waals surface area contributed by atoms with Crippen molar-refractivity contribution in [3.05, 3.63) is 50.9 Å². The van der Waals surface area contributed by atoms with Crippen LogP contribution < -0.4 is 15.5 Å². The average molecular weight is 517 g/mol. The van der Waals surface area contributed by atoms with Crippen LogP contribution in [0, 0.1) is 5.82 Å². The SMILES string of the molecule is CN(C)/C(=N\NC=S)c1ccc(C2CC(C(=O)Nc3ccc(F)c(Cl)c3)N(C)S(=O)N2)s1. The Bertz CT molecular complexity index is 1060. The standard InChI is InChI=1S/C19H22ClFN6O2S3/c1-26(2)18(24-22-10-30)17-7-6-16(31-17)14-9-15(27(3)32(29)25-14)19(28)23-11-4-5-13(21)12(20)8-11/h4-8,10,14-15,25H,9H2,1-3H3,(H,22,30)(H,23,28)/b24-18-. The Hall–Kier alpha value is -1.96. The minimum Gasteiger partial charge on any atom is -0.360 e. The third kappa shape index (κ3) is 5.69. The van der Waals surface area contributed by atoms with Crippen LogP contribution in [0.5, 0.6) is 0 Å². The van der Waals surface area contributed by atoms with E-state index < -0.39 is 23.0 Å². The van der Waals surface area contributed by atoms with Crippen LogP contribution in [0.25, 0.3) is 0 Å². The molecule has 0 bridgehead atoms. The van der Waals surface area contributed by atoms with Crippen molar-refractivity contribution in [3.63, 3.8) is 0 Å². The summed E-state index contributed by atoms with van der Waals surface area (Å²) < 4.78 is 30.6. The molecule has 1 aromatic carbocycles. The zero-order chi connectivity index (χ0) is 23.4. The number of thiocarbonyl (C=S) groups is 1. The van der Waals surface area contributed by atoms with E-state index in [-0.39, 0.29) is 17.0 Å². The molecule has 32 heavy (non-hydrogen) atoms. The summed E-state index contributed by atoms with van der Waals surface area (Å²) in [6.45, 7) is 0. The Morgan fingerprint density at radius 1 is 1.44 bits per heavy atom. The molecule has 1 fully saturated rings. The lowest BCUT2D eigenvalue weighted by Gasteiger charge is -2.35. The molecule has 3 atom stereocenters. The number of hydrogen-bond acceptors (Lipinski definition) is 5. The molecule has 13 heteroatoms. The maximum absolute atomic E-state index is 13.4. The maximum Gasteiger partial charge on any atom is 0.242 e. The van der Waals surface area contributed by atoms with Crippen molar-refractivity contribution in [1.29, 1.82) is 0 Å². The predicted molar refractivity (Wildman–Crippen MR) is 132 cm³/mol. The van der Waals surface area contributed by atoms with Crippen molar-refractivity contribution in [1.82, 2.24) is 19.4 Å². The fourth-order valence-corrected chi connectivity index (χ4v) is 5.61. The van der Waals surface area contributed by atoms with Gasteiger partial charge in [0.1, 0.15) is 11.9 Å². The van der Waals surface area contributed by atoms with Crippen LogP contribution in [0.3, 0.4) is 0 Å². The van der Waals surface area contributed by atoms with Crippen LogP contribution >= 0.6 is 35.2 Å². The minimum absolute atomic E-state index is 0.0875. The summed E-state index contributed by atoms with van der Waals surface area (Å²) in [7, 11) is 5.34. The summed E-state index contributed by atoms with van der Waals surface area (Å²) in [5.41, 5.74) is 4.35. The number of likely N-dealkylation sites (N-methyl/N-ethyl adjacent to an activating group) is 1. The van der Waals surface area contributed by atoms with Crippen molar-refractivity contribution in [2.24, 2.45) is 5.10 Å². The molecule has 8 nitrogen and oxygen atoms in total. The first kappa shape index (κ1) is 24.7. The molecule has 2 heterocycles. The molecule has 1 saturated heterocycles. The highest BCUT2D eigenvalue weighted by atomic mass is 35.5. The number of thiophene rings is 1. The Balaban J connectivity index is 1.79. The van der Waals surface area contributed by atoms with E-state index in [1.807, 2.05) is 31.1 Å². The second-order valence-electron chi connectivity index (χ2n) is 7.11. The van der Waals surface area contributed by atoms with Crippen LogP contribution in [0.15, 0.2) is 35.4 Å². The van der Waals surface area contributed by atoms with Gasteiger partial charge in [-0.2, -0.15) is 5.10 Å². The molecule has 0 radical (unpaired) electrons. The predicted octanol–water partition coefficient (Wildman–Crippen LogP) is 2.86. The average Bonchev–Trinajstić information content (AvgIpc) is 3.22. The molecule has 1 aliphatic rings. The summed E-state index contributed by atoms with van der Waals surface area (Å²) in [4.78, 5) is 16.6. The number of carbonyl (C=O) groups excluding carboxylic acids is 1. The first-order valence-electron chi connectivity index (χ1n) is 9.42. The summed E-state index contributed by atoms with van der Waals surface area (Å²) in [5.74, 6) is -0.230. The lowest BCUT2D eigenvalue weighted by molar-refractivity contribution is -0.120. The Kier molecular flexibility index (Phi) is 8.31. The van der Waals surface area contributed by atoms with Gasteiger partial charge in [-0.05, 0) is 36.8 Å². The van der Waals surface area contributed by atoms with E-state index in [0.717, 1.165) is 9.75 Å². The second-order valence-corrected chi connectivity index (χ2v) is 10.2. The van der Waals surface area contributed by atoms with E-state index in [0.29, 0.717) is 17.9 Å². The van der Waals surface area contributed by atoms with Crippen molar-refractivity contribution in [2.75, 3.05) is 26.5 Å². The van der Waals surface area contributed by atoms with E-state index in [2.05, 4.69) is 20.6 Å². The van der Waals surface area contributed by atoms with E-state index in [9.17, 15) is 13.4 Å². The van der Waals surface area contributed by atoms with E-state index >= 15 is 0 Å². The highest BCUT2D eigenvalue weighted by molar-refractivity contribution is 7.80. The van der Waals surface area contributed by atoms with Crippen molar-refractivity contribution >= 4 is 69.2 Å². The monoisotopic (exact) mass is 516 g/mol. The molecule has 0 aliphatic carbocycles. The number of carbonyl (C=O) groups is 1. The van der Waals surface area contributed by atoms with Crippen LogP contribution in [-0.4, -0.2) is 57.8 Å². The largest absolute Gasteiger partial charge is 0.360 e. The zero-order valence-electron chi connectivity index (χ0n) is 17.5. The quantitative estimate of drug-likeness (QED) is 0.238. The summed E-state index contributed by atoms with van der Waals surface area (Å²) in [6.07, 6.45) is 0.385. The number of nitrogens with zero attached hydrogens (tertiary/aromatic N) is 3. The van der Waals surface area contributed by atoms with Gasteiger partial charge < -0.3 is 10.2 Å². The zero-order valence-corrected chi connectivity index (χ0v) is 20.7. The Labute approximate surface area is 202 Å². The smallest absolute Gasteiger partial charge is 0.242 e. The van der Waals surface area contributed by atoms with E-state index in [1.165, 1.54) is 39.3 Å². The van der Waals surface area contributed by atoms with Gasteiger partial charge in [-0.25, -0.2) is 17.6 Å². The fraction of sp³-hybridized carbons (Fsp3) is 0.316. The van der Waals surface area contributed by atoms with Gasteiger partial charge in [-0.3, -0.25) is 10.2 Å². The Morgan fingerprint density at radius 2 is 2.19 bits per heavy atom. The summed E-state index contributed by atoms with van der Waals surface area (Å²) in [6, 6.07) is 6.81. The van der Waals surface area contributed by atoms with Gasteiger partial charge in [-0.15, -0.1) is 11.3 Å². The third-order valence-electron chi connectivity index (χ3n) is 4.73. The minimum atomic E-state index is -1.58. The maximum atomic E-state index is 13.4. The topological polar surface area (TPSA) is 89.1 Å². The molecule has 1 aromatic heterocycles. The van der Waals surface area contributed by atoms with Crippen molar-refractivity contribution in [3.8, 4) is 0 Å². The molecular formula is C19H22ClFN6O2S3. The van der Waals surface area contributed by atoms with Gasteiger partial charge in [0.25, 0.3) is 0 Å². The van der Waals surface area contributed by atoms with Crippen LogP contribution in [0.1, 0.15) is 22.2 Å². The first-order valence-corrected chi connectivity index (χ1v) is 12.2. The first-order chi connectivity index (χ1) is 15.2. The number of rotatable bonds is 6. The lowest BCUT2D eigenvalue weighted by atomic mass is 10.1. The van der Waals surface area contributed by atoms with E-state index in [4.69, 9.17) is 23.8 Å². The molecule has 0 saturated carbocycles. The summed E-state index contributed by atoms with van der Waals surface area (Å²) in [5, 5.41) is 6.89. The number of hydrogen-bond donors (Lipinski definition) is 3. The lowest BCUT2D eigenvalue weighted by Crippen LogP contribution is -2.52. The molecule has 0 spiro atoms. The van der Waals surface area contributed by atoms with Gasteiger partial charge >= 0.3 is 0 Å². The number of benzene rings is 1. The number of nitrogens with one attached hydrogen (secondary N) is 3. The Morgan fingerprint density at radius 3 is 2.84 bits per heavy atom. The number of halogens is 2. The molecule has 3 rings (SSSR count). The van der Waals surface area contributed by atoms with Crippen molar-refractivity contribution < 1.29 is 13.4 Å². The number of hydrazone groups is 1. The molecule has 1 aliphatic heterocycles. The van der Waals surface area contributed by atoms with E-state index in [1.54, 1.807) is 7.05 Å². The highest BCUT2D eigenvalue weighted by Crippen LogP contribution is 2.32. The fourth-order valence-electron chi connectivity index (χ4n) is 3.11. The number of amides is 1. The second kappa shape index (κ2) is 10.8. The normalized spacial score (nSPS) is 21.8. The van der Waals surface area contributed by atoms with Crippen molar-refractivity contribution in [2.45, 2.75) is 18.5 Å². The van der Waals surface area contributed by atoms with Crippen LogP contribution in [0.4, 0.5) is 10.1 Å². The van der Waals surface area contributed by atoms with Gasteiger partial charge in [0.05, 0.1) is 21.4 Å². The number of amidine groups is 1. The third-order valence-corrected chi connectivity index (χ3v) is 7.58. The molecule has 3 N–H and O–H groups in total. The van der Waals surface area contributed by atoms with Crippen LogP contribution in [-0.2, 0) is 16.0 Å². The highest BCUT2D eigenvalue weighted by Gasteiger charge is 2.37. The van der Waals surface area contributed by atoms with Gasteiger partial charge in [0, 0.05) is 31.7 Å². The molecule has 3 unspecified atom stereocenters. The van der Waals surface area contributed by atoms with Gasteiger partial charge in [0.2, 0.25) is 5.91 Å².